The van der Waals surface area contributed by atoms with Gasteiger partial charge in [0.1, 0.15) is 5.82 Å². The SMILES string of the molecule is Cc1ccc(S(=O)(=O)n2ccc3c(B4OC(C)(C)C(C)(C)O4)c(F)cnc32)cc1. The van der Waals surface area contributed by atoms with Crippen molar-refractivity contribution >= 4 is 33.6 Å². The minimum atomic E-state index is -3.89. The summed E-state index contributed by atoms with van der Waals surface area (Å²) >= 11 is 0. The lowest BCUT2D eigenvalue weighted by Gasteiger charge is -2.32. The molecule has 1 aromatic carbocycles. The predicted octanol–water partition coefficient (Wildman–Crippen LogP) is 3.02. The molecule has 9 heteroatoms. The van der Waals surface area contributed by atoms with E-state index >= 15 is 0 Å². The average Bonchev–Trinajstić information content (AvgIpc) is 3.13. The molecule has 0 amide bonds. The van der Waals surface area contributed by atoms with Gasteiger partial charge < -0.3 is 9.31 Å². The van der Waals surface area contributed by atoms with Crippen LogP contribution in [0, 0.1) is 12.7 Å². The van der Waals surface area contributed by atoms with Crippen molar-refractivity contribution in [2.24, 2.45) is 0 Å². The van der Waals surface area contributed by atoms with E-state index in [9.17, 15) is 12.8 Å². The molecule has 6 nitrogen and oxygen atoms in total. The van der Waals surface area contributed by atoms with Gasteiger partial charge in [0.25, 0.3) is 10.0 Å². The van der Waals surface area contributed by atoms with Crippen LogP contribution in [0.25, 0.3) is 11.0 Å². The number of aryl methyl sites for hydroxylation is 1. The van der Waals surface area contributed by atoms with E-state index in [0.29, 0.717) is 5.39 Å². The molecule has 3 heterocycles. The van der Waals surface area contributed by atoms with Gasteiger partial charge in [-0.2, -0.15) is 0 Å². The monoisotopic (exact) mass is 416 g/mol. The zero-order valence-electron chi connectivity index (χ0n) is 16.9. The van der Waals surface area contributed by atoms with Crippen molar-refractivity contribution in [3.63, 3.8) is 0 Å². The minimum Gasteiger partial charge on any atom is -0.399 e. The van der Waals surface area contributed by atoms with Crippen molar-refractivity contribution in [3.8, 4) is 0 Å². The van der Waals surface area contributed by atoms with Gasteiger partial charge in [-0.1, -0.05) is 17.7 Å². The molecule has 0 atom stereocenters. The van der Waals surface area contributed by atoms with Crippen molar-refractivity contribution in [2.75, 3.05) is 0 Å². The van der Waals surface area contributed by atoms with E-state index in [-0.39, 0.29) is 16.0 Å². The van der Waals surface area contributed by atoms with E-state index in [4.69, 9.17) is 9.31 Å². The molecule has 3 aromatic rings. The van der Waals surface area contributed by atoms with Gasteiger partial charge in [0.2, 0.25) is 0 Å². The fraction of sp³-hybridized carbons (Fsp3) is 0.350. The summed E-state index contributed by atoms with van der Waals surface area (Å²) in [5.74, 6) is -0.610. The van der Waals surface area contributed by atoms with Crippen LogP contribution in [-0.2, 0) is 19.3 Å². The fourth-order valence-corrected chi connectivity index (χ4v) is 4.58. The molecular weight excluding hydrogens is 394 g/mol. The zero-order valence-corrected chi connectivity index (χ0v) is 17.7. The molecule has 0 spiro atoms. The van der Waals surface area contributed by atoms with Crippen LogP contribution in [0.2, 0.25) is 0 Å². The topological polar surface area (TPSA) is 70.4 Å². The summed E-state index contributed by atoms with van der Waals surface area (Å²) in [7, 11) is -4.86. The second-order valence-electron chi connectivity index (χ2n) is 8.27. The van der Waals surface area contributed by atoms with E-state index in [0.717, 1.165) is 15.7 Å². The zero-order chi connectivity index (χ0) is 21.2. The first kappa shape index (κ1) is 20.1. The van der Waals surface area contributed by atoms with E-state index in [1.54, 1.807) is 12.1 Å². The maximum Gasteiger partial charge on any atom is 0.498 e. The minimum absolute atomic E-state index is 0.122. The molecule has 1 aliphatic rings. The van der Waals surface area contributed by atoms with Gasteiger partial charge >= 0.3 is 7.12 Å². The number of hydrogen-bond acceptors (Lipinski definition) is 5. The van der Waals surface area contributed by atoms with Crippen molar-refractivity contribution in [1.29, 1.82) is 0 Å². The lowest BCUT2D eigenvalue weighted by molar-refractivity contribution is 0.00578. The Morgan fingerprint density at radius 1 is 1.03 bits per heavy atom. The van der Waals surface area contributed by atoms with Crippen LogP contribution in [0.3, 0.4) is 0 Å². The molecule has 29 heavy (non-hydrogen) atoms. The summed E-state index contributed by atoms with van der Waals surface area (Å²) < 4.78 is 54.0. The van der Waals surface area contributed by atoms with Crippen molar-refractivity contribution in [2.45, 2.75) is 50.7 Å². The number of hydrogen-bond donors (Lipinski definition) is 0. The molecule has 2 aromatic heterocycles. The Morgan fingerprint density at radius 2 is 1.62 bits per heavy atom. The third kappa shape index (κ3) is 3.08. The standard InChI is InChI=1S/C20H22BFN2O4S/c1-13-6-8-14(9-7-13)29(25,26)24-11-10-15-17(16(22)12-23-18(15)24)21-27-19(2,3)20(4,5)28-21/h6-12H,1-5H3. The van der Waals surface area contributed by atoms with Crippen LogP contribution < -0.4 is 5.46 Å². The van der Waals surface area contributed by atoms with Gasteiger partial charge in [-0.3, -0.25) is 0 Å². The second kappa shape index (κ2) is 6.39. The average molecular weight is 416 g/mol. The largest absolute Gasteiger partial charge is 0.498 e. The summed E-state index contributed by atoms with van der Waals surface area (Å²) in [5.41, 5.74) is -0.0975. The van der Waals surface area contributed by atoms with E-state index in [1.165, 1.54) is 24.4 Å². The number of benzene rings is 1. The quantitative estimate of drug-likeness (QED) is 0.614. The van der Waals surface area contributed by atoms with Gasteiger partial charge in [0.15, 0.2) is 5.65 Å². The number of fused-ring (bicyclic) bond motifs is 1. The molecule has 0 saturated carbocycles. The number of nitrogens with zero attached hydrogens (tertiary/aromatic N) is 2. The van der Waals surface area contributed by atoms with E-state index in [1.807, 2.05) is 34.6 Å². The highest BCUT2D eigenvalue weighted by Gasteiger charge is 2.53. The highest BCUT2D eigenvalue weighted by atomic mass is 32.2. The molecule has 152 valence electrons. The normalized spacial score (nSPS) is 18.5. The second-order valence-corrected chi connectivity index (χ2v) is 10.1. The molecule has 0 aliphatic carbocycles. The fourth-order valence-electron chi connectivity index (χ4n) is 3.28. The van der Waals surface area contributed by atoms with E-state index < -0.39 is 34.2 Å². The van der Waals surface area contributed by atoms with Gasteiger partial charge in [-0.25, -0.2) is 21.8 Å². The van der Waals surface area contributed by atoms with Crippen LogP contribution >= 0.6 is 0 Å². The third-order valence-electron chi connectivity index (χ3n) is 5.74. The number of pyridine rings is 1. The molecule has 1 saturated heterocycles. The van der Waals surface area contributed by atoms with Gasteiger partial charge in [-0.05, 0) is 52.8 Å². The summed E-state index contributed by atoms with van der Waals surface area (Å²) in [4.78, 5) is 4.18. The lowest BCUT2D eigenvalue weighted by Crippen LogP contribution is -2.41. The predicted molar refractivity (Wildman–Crippen MR) is 109 cm³/mol. The number of halogens is 1. The van der Waals surface area contributed by atoms with Crippen LogP contribution in [0.15, 0.2) is 47.6 Å². The molecule has 1 fully saturated rings. The first-order valence-corrected chi connectivity index (χ1v) is 10.7. The molecule has 0 N–H and O–H groups in total. The first-order chi connectivity index (χ1) is 13.4. The molecule has 1 aliphatic heterocycles. The van der Waals surface area contributed by atoms with E-state index in [2.05, 4.69) is 4.98 Å². The Hall–Kier alpha value is -2.23. The molecular formula is C20H22BFN2O4S. The highest BCUT2D eigenvalue weighted by Crippen LogP contribution is 2.37. The maximum absolute atomic E-state index is 14.8. The highest BCUT2D eigenvalue weighted by molar-refractivity contribution is 7.90. The van der Waals surface area contributed by atoms with Crippen LogP contribution in [0.5, 0.6) is 0 Å². The van der Waals surface area contributed by atoms with Crippen molar-refractivity contribution in [1.82, 2.24) is 8.96 Å². The maximum atomic E-state index is 14.8. The summed E-state index contributed by atoms with van der Waals surface area (Å²) in [6.07, 6.45) is 2.38. The van der Waals surface area contributed by atoms with Crippen molar-refractivity contribution < 1.29 is 22.1 Å². The molecule has 0 unspecified atom stereocenters. The summed E-state index contributed by atoms with van der Waals surface area (Å²) in [6.45, 7) is 9.36. The van der Waals surface area contributed by atoms with Crippen LogP contribution in [-0.4, -0.2) is 35.7 Å². The first-order valence-electron chi connectivity index (χ1n) is 9.27. The number of rotatable bonds is 3. The Bertz CT molecular complexity index is 1190. The van der Waals surface area contributed by atoms with Crippen molar-refractivity contribution in [3.05, 3.63) is 54.1 Å². The van der Waals surface area contributed by atoms with Gasteiger partial charge in [0, 0.05) is 17.0 Å². The van der Waals surface area contributed by atoms with Crippen LogP contribution in [0.1, 0.15) is 33.3 Å². The Labute approximate surface area is 169 Å². The molecule has 4 rings (SSSR count). The Morgan fingerprint density at radius 3 is 2.21 bits per heavy atom. The Kier molecular flexibility index (Phi) is 4.42. The molecule has 0 radical (unpaired) electrons. The smallest absolute Gasteiger partial charge is 0.399 e. The van der Waals surface area contributed by atoms with Gasteiger partial charge in [-0.15, -0.1) is 0 Å². The number of aromatic nitrogens is 2. The third-order valence-corrected chi connectivity index (χ3v) is 7.42. The summed E-state index contributed by atoms with van der Waals surface area (Å²) in [5, 5.41) is 0.333. The lowest BCUT2D eigenvalue weighted by atomic mass is 9.77. The van der Waals surface area contributed by atoms with Gasteiger partial charge in [0.05, 0.1) is 22.3 Å². The van der Waals surface area contributed by atoms with Crippen LogP contribution in [0.4, 0.5) is 4.39 Å². The molecule has 0 bridgehead atoms. The summed E-state index contributed by atoms with van der Waals surface area (Å²) in [6, 6.07) is 8.05. The Balaban J connectivity index is 1.86.